The van der Waals surface area contributed by atoms with Gasteiger partial charge in [0.15, 0.2) is 0 Å². The first kappa shape index (κ1) is 21.4. The zero-order chi connectivity index (χ0) is 21.3. The molecule has 0 aliphatic carbocycles. The van der Waals surface area contributed by atoms with Crippen LogP contribution in [0.25, 0.3) is 0 Å². The van der Waals surface area contributed by atoms with E-state index in [1.54, 1.807) is 0 Å². The van der Waals surface area contributed by atoms with Crippen LogP contribution in [-0.4, -0.2) is 65.3 Å². The second-order valence-corrected chi connectivity index (χ2v) is 9.46. The molecular formula is C19H29IN10. The molecule has 9 N–H and O–H groups in total. The third kappa shape index (κ3) is 5.27. The second-order valence-electron chi connectivity index (χ2n) is 8.22. The molecule has 0 saturated carbocycles. The Morgan fingerprint density at radius 3 is 1.77 bits per heavy atom. The van der Waals surface area contributed by atoms with E-state index in [4.69, 9.17) is 27.9 Å². The van der Waals surface area contributed by atoms with E-state index in [2.05, 4.69) is 37.9 Å². The molecule has 3 heterocycles. The lowest BCUT2D eigenvalue weighted by Gasteiger charge is -2.37. The van der Waals surface area contributed by atoms with E-state index in [9.17, 15) is 0 Å². The Morgan fingerprint density at radius 2 is 1.30 bits per heavy atom. The van der Waals surface area contributed by atoms with Gasteiger partial charge in [-0.25, -0.2) is 0 Å². The third-order valence-electron chi connectivity index (χ3n) is 5.29. The van der Waals surface area contributed by atoms with Gasteiger partial charge in [-0.2, -0.15) is 15.0 Å². The first-order valence-corrected chi connectivity index (χ1v) is 11.2. The maximum Gasteiger partial charge on any atom is 0.233 e. The highest BCUT2D eigenvalue weighted by atomic mass is 127. The number of nitrogens with zero attached hydrogens (tertiary/aromatic N) is 5. The van der Waals surface area contributed by atoms with Gasteiger partial charge in [0.25, 0.3) is 0 Å². The fourth-order valence-electron chi connectivity index (χ4n) is 4.07. The number of hydrogen-bond acceptors (Lipinski definition) is 10. The largest absolute Gasteiger partial charge is 0.338 e. The maximum absolute atomic E-state index is 6.20. The van der Waals surface area contributed by atoms with Crippen molar-refractivity contribution in [3.8, 4) is 0 Å². The van der Waals surface area contributed by atoms with Gasteiger partial charge >= 0.3 is 0 Å². The molecule has 11 heteroatoms. The molecule has 1 aromatic carbocycles. The predicted octanol–water partition coefficient (Wildman–Crippen LogP) is -0.0508. The number of nitrogens with one attached hydrogen (secondary N) is 1. The number of aromatic nitrogens is 3. The number of anilines is 4. The standard InChI is InChI=1S/C19H29IN10/c20-11-2-1-3-16(4-11)25-17-26-18(29-7-12(21)5-13(22)8-29)28-19(27-17)30-9-14(23)6-15(24)10-30/h1-4,12-15H,5-10,21-24H2,(H,25,26,27,28). The fraction of sp³-hybridized carbons (Fsp3) is 0.526. The summed E-state index contributed by atoms with van der Waals surface area (Å²) < 4.78 is 1.12. The van der Waals surface area contributed by atoms with Gasteiger partial charge < -0.3 is 38.1 Å². The van der Waals surface area contributed by atoms with E-state index in [0.29, 0.717) is 44.0 Å². The molecule has 2 aliphatic rings. The monoisotopic (exact) mass is 524 g/mol. The molecule has 0 amide bonds. The van der Waals surface area contributed by atoms with Crippen LogP contribution in [0.4, 0.5) is 23.5 Å². The van der Waals surface area contributed by atoms with Gasteiger partial charge in [0, 0.05) is 59.6 Å². The average molecular weight is 524 g/mol. The van der Waals surface area contributed by atoms with Crippen molar-refractivity contribution in [1.82, 2.24) is 15.0 Å². The highest BCUT2D eigenvalue weighted by molar-refractivity contribution is 14.1. The lowest BCUT2D eigenvalue weighted by atomic mass is 10.0. The van der Waals surface area contributed by atoms with E-state index >= 15 is 0 Å². The van der Waals surface area contributed by atoms with Crippen LogP contribution >= 0.6 is 22.6 Å². The summed E-state index contributed by atoms with van der Waals surface area (Å²) in [7, 11) is 0. The highest BCUT2D eigenvalue weighted by Gasteiger charge is 2.28. The number of hydrogen-bond donors (Lipinski definition) is 5. The van der Waals surface area contributed by atoms with E-state index in [-0.39, 0.29) is 24.2 Å². The molecule has 2 saturated heterocycles. The highest BCUT2D eigenvalue weighted by Crippen LogP contribution is 2.24. The van der Waals surface area contributed by atoms with Gasteiger partial charge in [0.1, 0.15) is 0 Å². The Hall–Kier alpha value is -1.80. The third-order valence-corrected chi connectivity index (χ3v) is 5.96. The topological polar surface area (TPSA) is 161 Å². The van der Waals surface area contributed by atoms with Crippen LogP contribution in [0.15, 0.2) is 24.3 Å². The molecule has 4 unspecified atom stereocenters. The van der Waals surface area contributed by atoms with E-state index in [1.165, 1.54) is 0 Å². The Labute approximate surface area is 189 Å². The van der Waals surface area contributed by atoms with Gasteiger partial charge in [0.2, 0.25) is 17.8 Å². The van der Waals surface area contributed by atoms with Crippen LogP contribution in [0.3, 0.4) is 0 Å². The van der Waals surface area contributed by atoms with Crippen LogP contribution in [0.1, 0.15) is 12.8 Å². The molecule has 2 fully saturated rings. The quantitative estimate of drug-likeness (QED) is 0.343. The molecule has 10 nitrogen and oxygen atoms in total. The lowest BCUT2D eigenvalue weighted by Crippen LogP contribution is -2.54. The van der Waals surface area contributed by atoms with Crippen LogP contribution in [0, 0.1) is 3.57 Å². The normalized spacial score (nSPS) is 27.2. The fourth-order valence-corrected chi connectivity index (χ4v) is 4.61. The summed E-state index contributed by atoms with van der Waals surface area (Å²) in [6, 6.07) is 7.96. The van der Waals surface area contributed by atoms with Crippen molar-refractivity contribution in [2.24, 2.45) is 22.9 Å². The van der Waals surface area contributed by atoms with Crippen molar-refractivity contribution >= 4 is 46.1 Å². The van der Waals surface area contributed by atoms with Gasteiger partial charge in [-0.05, 0) is 53.6 Å². The number of halogens is 1. The van der Waals surface area contributed by atoms with Crippen molar-refractivity contribution in [2.45, 2.75) is 37.0 Å². The smallest absolute Gasteiger partial charge is 0.233 e. The number of nitrogens with two attached hydrogens (primary N) is 4. The second kappa shape index (κ2) is 9.14. The van der Waals surface area contributed by atoms with Gasteiger partial charge in [-0.15, -0.1) is 0 Å². The summed E-state index contributed by atoms with van der Waals surface area (Å²) in [6.45, 7) is 2.61. The molecule has 4 atom stereocenters. The molecule has 0 radical (unpaired) electrons. The van der Waals surface area contributed by atoms with Crippen LogP contribution in [0.2, 0.25) is 0 Å². The molecule has 2 aliphatic heterocycles. The molecule has 1 aromatic heterocycles. The Bertz CT molecular complexity index is 816. The van der Waals surface area contributed by atoms with Crippen molar-refractivity contribution in [2.75, 3.05) is 41.3 Å². The zero-order valence-electron chi connectivity index (χ0n) is 16.8. The summed E-state index contributed by atoms with van der Waals surface area (Å²) in [4.78, 5) is 18.2. The van der Waals surface area contributed by atoms with Crippen LogP contribution in [0.5, 0.6) is 0 Å². The van der Waals surface area contributed by atoms with Gasteiger partial charge in [-0.1, -0.05) is 6.07 Å². The van der Waals surface area contributed by atoms with Crippen LogP contribution < -0.4 is 38.1 Å². The number of benzene rings is 1. The molecule has 4 rings (SSSR count). The zero-order valence-corrected chi connectivity index (χ0v) is 18.9. The minimum Gasteiger partial charge on any atom is -0.338 e. The molecule has 0 bridgehead atoms. The minimum atomic E-state index is -0.0158. The van der Waals surface area contributed by atoms with E-state index in [1.807, 2.05) is 34.1 Å². The van der Waals surface area contributed by atoms with Crippen molar-refractivity contribution in [3.63, 3.8) is 0 Å². The van der Waals surface area contributed by atoms with E-state index in [0.717, 1.165) is 22.1 Å². The minimum absolute atomic E-state index is 0.0158. The predicted molar refractivity (Wildman–Crippen MR) is 128 cm³/mol. The van der Waals surface area contributed by atoms with Crippen molar-refractivity contribution < 1.29 is 0 Å². The molecular weight excluding hydrogens is 495 g/mol. The number of rotatable bonds is 4. The summed E-state index contributed by atoms with van der Waals surface area (Å²) in [5.74, 6) is 1.59. The summed E-state index contributed by atoms with van der Waals surface area (Å²) >= 11 is 2.28. The lowest BCUT2D eigenvalue weighted by molar-refractivity contribution is 0.441. The summed E-state index contributed by atoms with van der Waals surface area (Å²) in [6.07, 6.45) is 1.58. The first-order chi connectivity index (χ1) is 14.4. The summed E-state index contributed by atoms with van der Waals surface area (Å²) in [5.41, 5.74) is 25.7. The van der Waals surface area contributed by atoms with Crippen molar-refractivity contribution in [3.05, 3.63) is 27.8 Å². The molecule has 0 spiro atoms. The van der Waals surface area contributed by atoms with E-state index < -0.39 is 0 Å². The molecule has 2 aromatic rings. The summed E-state index contributed by atoms with van der Waals surface area (Å²) in [5, 5.41) is 3.30. The van der Waals surface area contributed by atoms with Gasteiger partial charge in [0.05, 0.1) is 0 Å². The Kier molecular flexibility index (Phi) is 6.53. The SMILES string of the molecule is NC1CC(N)CN(c2nc(Nc3cccc(I)c3)nc(N3CC(N)CC(N)C3)n2)C1. The Balaban J connectivity index is 1.68. The molecule has 30 heavy (non-hydrogen) atoms. The first-order valence-electron chi connectivity index (χ1n) is 10.2. The Morgan fingerprint density at radius 1 is 0.800 bits per heavy atom. The van der Waals surface area contributed by atoms with Crippen LogP contribution in [-0.2, 0) is 0 Å². The number of piperidine rings is 2. The average Bonchev–Trinajstić information content (AvgIpc) is 2.66. The van der Waals surface area contributed by atoms with Crippen molar-refractivity contribution in [1.29, 1.82) is 0 Å². The maximum atomic E-state index is 6.20. The van der Waals surface area contributed by atoms with Gasteiger partial charge in [-0.3, -0.25) is 0 Å². The molecule has 162 valence electrons.